The minimum Gasteiger partial charge on any atom is -0.340 e. The summed E-state index contributed by atoms with van der Waals surface area (Å²) in [5.41, 5.74) is 2.90. The van der Waals surface area contributed by atoms with Crippen LogP contribution in [0, 0.1) is 12.7 Å². The Labute approximate surface area is 153 Å². The van der Waals surface area contributed by atoms with Crippen molar-refractivity contribution in [3.8, 4) is 11.1 Å². The molecule has 2 aromatic heterocycles. The lowest BCUT2D eigenvalue weighted by Crippen LogP contribution is -1.96. The van der Waals surface area contributed by atoms with E-state index >= 15 is 0 Å². The predicted molar refractivity (Wildman–Crippen MR) is 102 cm³/mol. The molecular weight excluding hydrogens is 357 g/mol. The highest BCUT2D eigenvalue weighted by Crippen LogP contribution is 2.41. The van der Waals surface area contributed by atoms with Crippen LogP contribution >= 0.6 is 22.9 Å². The van der Waals surface area contributed by atoms with E-state index in [1.165, 1.54) is 17.3 Å². The summed E-state index contributed by atoms with van der Waals surface area (Å²) in [7, 11) is 0. The van der Waals surface area contributed by atoms with Crippen molar-refractivity contribution in [1.82, 2.24) is 9.97 Å². The molecule has 4 rings (SSSR count). The number of anilines is 2. The Morgan fingerprint density at radius 2 is 1.88 bits per heavy atom. The fourth-order valence-corrected chi connectivity index (χ4v) is 4.00. The molecule has 0 saturated carbocycles. The fraction of sp³-hybridized carbons (Fsp3) is 0.0526. The van der Waals surface area contributed by atoms with Gasteiger partial charge in [0.25, 0.3) is 0 Å². The van der Waals surface area contributed by atoms with Gasteiger partial charge in [0.05, 0.1) is 10.4 Å². The average Bonchev–Trinajstić information content (AvgIpc) is 2.96. The molecule has 124 valence electrons. The van der Waals surface area contributed by atoms with Crippen molar-refractivity contribution in [3.05, 3.63) is 70.6 Å². The number of fused-ring (bicyclic) bond motifs is 1. The molecule has 0 atom stereocenters. The van der Waals surface area contributed by atoms with E-state index in [9.17, 15) is 4.39 Å². The highest BCUT2D eigenvalue weighted by molar-refractivity contribution is 7.19. The van der Waals surface area contributed by atoms with Crippen LogP contribution in [0.25, 0.3) is 21.3 Å². The molecule has 25 heavy (non-hydrogen) atoms. The van der Waals surface area contributed by atoms with Crippen LogP contribution in [0.4, 0.5) is 15.9 Å². The molecule has 0 aliphatic rings. The molecule has 0 radical (unpaired) electrons. The Morgan fingerprint density at radius 1 is 1.08 bits per heavy atom. The molecule has 1 N–H and O–H groups in total. The van der Waals surface area contributed by atoms with Gasteiger partial charge in [-0.25, -0.2) is 14.4 Å². The minimum absolute atomic E-state index is 0.0695. The molecule has 3 nitrogen and oxygen atoms in total. The lowest BCUT2D eigenvalue weighted by molar-refractivity contribution is 0.628. The smallest absolute Gasteiger partial charge is 0.143 e. The van der Waals surface area contributed by atoms with Gasteiger partial charge in [0, 0.05) is 16.1 Å². The molecule has 0 aliphatic heterocycles. The van der Waals surface area contributed by atoms with Crippen LogP contribution in [0.15, 0.2) is 54.9 Å². The Kier molecular flexibility index (Phi) is 4.11. The van der Waals surface area contributed by atoms with Crippen LogP contribution in [0.3, 0.4) is 0 Å². The topological polar surface area (TPSA) is 37.8 Å². The van der Waals surface area contributed by atoms with Gasteiger partial charge < -0.3 is 5.32 Å². The van der Waals surface area contributed by atoms with Crippen molar-refractivity contribution < 1.29 is 4.39 Å². The molecule has 0 spiro atoms. The van der Waals surface area contributed by atoms with E-state index in [1.807, 2.05) is 18.2 Å². The summed E-state index contributed by atoms with van der Waals surface area (Å²) in [5, 5.41) is 4.27. The van der Waals surface area contributed by atoms with Crippen LogP contribution in [-0.4, -0.2) is 9.97 Å². The van der Waals surface area contributed by atoms with E-state index in [-0.39, 0.29) is 5.02 Å². The summed E-state index contributed by atoms with van der Waals surface area (Å²) in [4.78, 5) is 10.9. The molecule has 0 amide bonds. The number of nitrogens with one attached hydrogen (secondary N) is 1. The van der Waals surface area contributed by atoms with Gasteiger partial charge in [-0.2, -0.15) is 0 Å². The lowest BCUT2D eigenvalue weighted by atomic mass is 10.0. The monoisotopic (exact) mass is 369 g/mol. The van der Waals surface area contributed by atoms with E-state index < -0.39 is 5.82 Å². The number of aromatic nitrogens is 2. The highest BCUT2D eigenvalue weighted by Gasteiger charge is 2.17. The number of hydrogen-bond acceptors (Lipinski definition) is 4. The standard InChI is InChI=1S/C19H13ClFN3S/c1-11-16(12-5-3-2-4-6-12)17-18(22-10-23-19(17)25-11)24-13-7-8-15(21)14(20)9-13/h2-10H,1H3,(H,22,23,24). The second-order valence-electron chi connectivity index (χ2n) is 5.56. The maximum atomic E-state index is 13.4. The number of halogens is 2. The second kappa shape index (κ2) is 6.43. The van der Waals surface area contributed by atoms with E-state index in [2.05, 4.69) is 34.3 Å². The zero-order valence-electron chi connectivity index (χ0n) is 13.3. The zero-order valence-corrected chi connectivity index (χ0v) is 14.8. The van der Waals surface area contributed by atoms with Crippen LogP contribution in [0.2, 0.25) is 5.02 Å². The van der Waals surface area contributed by atoms with Gasteiger partial charge in [0.2, 0.25) is 0 Å². The molecule has 0 unspecified atom stereocenters. The van der Waals surface area contributed by atoms with Gasteiger partial charge in [0.15, 0.2) is 0 Å². The number of thiophene rings is 1. The Balaban J connectivity index is 1.88. The summed E-state index contributed by atoms with van der Waals surface area (Å²) >= 11 is 7.51. The quantitative estimate of drug-likeness (QED) is 0.467. The van der Waals surface area contributed by atoms with Crippen LogP contribution in [-0.2, 0) is 0 Å². The molecule has 0 saturated heterocycles. The van der Waals surface area contributed by atoms with Crippen molar-refractivity contribution in [2.45, 2.75) is 6.92 Å². The van der Waals surface area contributed by atoms with Crippen LogP contribution in [0.5, 0.6) is 0 Å². The van der Waals surface area contributed by atoms with E-state index in [0.717, 1.165) is 21.3 Å². The first-order valence-corrected chi connectivity index (χ1v) is 8.84. The Morgan fingerprint density at radius 3 is 2.64 bits per heavy atom. The summed E-state index contributed by atoms with van der Waals surface area (Å²) < 4.78 is 13.4. The molecule has 2 heterocycles. The van der Waals surface area contributed by atoms with Crippen molar-refractivity contribution >= 4 is 44.7 Å². The fourth-order valence-electron chi connectivity index (χ4n) is 2.80. The molecule has 0 bridgehead atoms. The van der Waals surface area contributed by atoms with Gasteiger partial charge in [-0.05, 0) is 30.7 Å². The average molecular weight is 370 g/mol. The Hall–Kier alpha value is -2.50. The number of aryl methyl sites for hydroxylation is 1. The first-order valence-electron chi connectivity index (χ1n) is 7.65. The maximum Gasteiger partial charge on any atom is 0.143 e. The second-order valence-corrected chi connectivity index (χ2v) is 7.17. The van der Waals surface area contributed by atoms with Gasteiger partial charge in [-0.1, -0.05) is 41.9 Å². The minimum atomic E-state index is -0.448. The van der Waals surface area contributed by atoms with Crippen molar-refractivity contribution in [2.75, 3.05) is 5.32 Å². The predicted octanol–water partition coefficient (Wildman–Crippen LogP) is 6.20. The van der Waals surface area contributed by atoms with Crippen molar-refractivity contribution in [3.63, 3.8) is 0 Å². The van der Waals surface area contributed by atoms with E-state index in [0.29, 0.717) is 11.5 Å². The first kappa shape index (κ1) is 16.0. The van der Waals surface area contributed by atoms with Gasteiger partial charge in [-0.3, -0.25) is 0 Å². The summed E-state index contributed by atoms with van der Waals surface area (Å²) in [6.07, 6.45) is 1.53. The SMILES string of the molecule is Cc1sc2ncnc(Nc3ccc(F)c(Cl)c3)c2c1-c1ccccc1. The first-order chi connectivity index (χ1) is 12.1. The Bertz CT molecular complexity index is 1060. The third-order valence-corrected chi connectivity index (χ3v) is 5.21. The highest BCUT2D eigenvalue weighted by atomic mass is 35.5. The zero-order chi connectivity index (χ0) is 17.4. The van der Waals surface area contributed by atoms with E-state index in [4.69, 9.17) is 11.6 Å². The molecule has 0 fully saturated rings. The molecule has 2 aromatic carbocycles. The summed E-state index contributed by atoms with van der Waals surface area (Å²) in [5.74, 6) is 0.229. The number of benzene rings is 2. The largest absolute Gasteiger partial charge is 0.340 e. The number of nitrogens with zero attached hydrogens (tertiary/aromatic N) is 2. The van der Waals surface area contributed by atoms with Crippen molar-refractivity contribution in [1.29, 1.82) is 0 Å². The normalized spacial score (nSPS) is 11.0. The third-order valence-electron chi connectivity index (χ3n) is 3.91. The van der Waals surface area contributed by atoms with Gasteiger partial charge in [-0.15, -0.1) is 11.3 Å². The third kappa shape index (κ3) is 2.97. The molecular formula is C19H13ClFN3S. The van der Waals surface area contributed by atoms with Crippen LogP contribution in [0.1, 0.15) is 4.88 Å². The van der Waals surface area contributed by atoms with Crippen molar-refractivity contribution in [2.24, 2.45) is 0 Å². The number of hydrogen-bond donors (Lipinski definition) is 1. The maximum absolute atomic E-state index is 13.4. The number of rotatable bonds is 3. The van der Waals surface area contributed by atoms with Gasteiger partial charge in [0.1, 0.15) is 22.8 Å². The lowest BCUT2D eigenvalue weighted by Gasteiger charge is -2.09. The van der Waals surface area contributed by atoms with Crippen LogP contribution < -0.4 is 5.32 Å². The van der Waals surface area contributed by atoms with E-state index in [1.54, 1.807) is 23.5 Å². The molecule has 0 aliphatic carbocycles. The van der Waals surface area contributed by atoms with Gasteiger partial charge >= 0.3 is 0 Å². The summed E-state index contributed by atoms with van der Waals surface area (Å²) in [6, 6.07) is 14.7. The molecule has 6 heteroatoms. The summed E-state index contributed by atoms with van der Waals surface area (Å²) in [6.45, 7) is 2.08. The molecule has 4 aromatic rings.